The first-order valence-corrected chi connectivity index (χ1v) is 19.6. The van der Waals surface area contributed by atoms with Gasteiger partial charge in [0.2, 0.25) is 0 Å². The van der Waals surface area contributed by atoms with Crippen molar-refractivity contribution in [3.05, 3.63) is 217 Å². The molecule has 0 N–H and O–H groups in total. The maximum Gasteiger partial charge on any atom is 0.145 e. The second-order valence-corrected chi connectivity index (χ2v) is 15.3. The van der Waals surface area contributed by atoms with Crippen LogP contribution >= 0.6 is 0 Å². The van der Waals surface area contributed by atoms with Crippen LogP contribution in [0, 0.1) is 0 Å². The lowest BCUT2D eigenvalue weighted by atomic mass is 9.70. The van der Waals surface area contributed by atoms with E-state index < -0.39 is 5.41 Å². The number of rotatable bonds is 3. The highest BCUT2D eigenvalue weighted by Crippen LogP contribution is 2.64. The van der Waals surface area contributed by atoms with Crippen molar-refractivity contribution in [2.75, 3.05) is 0 Å². The molecule has 4 heterocycles. The second-order valence-electron chi connectivity index (χ2n) is 15.3. The third-order valence-corrected chi connectivity index (χ3v) is 12.7. The van der Waals surface area contributed by atoms with Gasteiger partial charge >= 0.3 is 0 Å². The molecule has 2 aliphatic rings. The third kappa shape index (κ3) is 3.91. The summed E-state index contributed by atoms with van der Waals surface area (Å²) in [6.45, 7) is 0. The molecule has 0 bridgehead atoms. The predicted molar refractivity (Wildman–Crippen MR) is 232 cm³/mol. The van der Waals surface area contributed by atoms with E-state index in [-0.39, 0.29) is 0 Å². The molecule has 7 aromatic carbocycles. The quantitative estimate of drug-likeness (QED) is 0.182. The SMILES string of the molecule is c1ccc2c(c1)-c1ccccc1C21c2ccccc2-c2c1ccc1c2c2ncccc2n1-c1ccc(-c2ccc(-n3c4ccccc4c4cccnc43)cc2)cc1. The van der Waals surface area contributed by atoms with Gasteiger partial charge in [-0.05, 0) is 116 Å². The Balaban J connectivity index is 0.962. The van der Waals surface area contributed by atoms with Gasteiger partial charge in [0, 0.05) is 39.9 Å². The van der Waals surface area contributed by atoms with Crippen LogP contribution in [0.25, 0.3) is 88.6 Å². The van der Waals surface area contributed by atoms with Crippen molar-refractivity contribution < 1.29 is 0 Å². The lowest BCUT2D eigenvalue weighted by molar-refractivity contribution is 0.794. The Morgan fingerprint density at radius 2 is 0.912 bits per heavy atom. The summed E-state index contributed by atoms with van der Waals surface area (Å²) >= 11 is 0. The average Bonchev–Trinajstić information content (AvgIpc) is 3.99. The number of para-hydroxylation sites is 1. The highest BCUT2D eigenvalue weighted by Gasteiger charge is 2.52. The van der Waals surface area contributed by atoms with Crippen LogP contribution in [0.1, 0.15) is 22.3 Å². The molecule has 0 saturated carbocycles. The first-order chi connectivity index (χ1) is 28.3. The Morgan fingerprint density at radius 1 is 0.368 bits per heavy atom. The molecule has 0 saturated heterocycles. The molecule has 4 heteroatoms. The van der Waals surface area contributed by atoms with Gasteiger partial charge in [0.1, 0.15) is 5.65 Å². The van der Waals surface area contributed by atoms with Crippen LogP contribution in [0.2, 0.25) is 0 Å². The van der Waals surface area contributed by atoms with Crippen LogP contribution < -0.4 is 0 Å². The molecule has 13 rings (SSSR count). The minimum Gasteiger partial charge on any atom is -0.308 e. The zero-order chi connectivity index (χ0) is 37.2. The molecule has 0 radical (unpaired) electrons. The van der Waals surface area contributed by atoms with E-state index in [0.717, 1.165) is 44.5 Å². The molecule has 2 aliphatic carbocycles. The first-order valence-electron chi connectivity index (χ1n) is 19.6. The number of benzene rings is 7. The van der Waals surface area contributed by atoms with Crippen LogP contribution in [-0.4, -0.2) is 19.1 Å². The summed E-state index contributed by atoms with van der Waals surface area (Å²) in [5.74, 6) is 0. The van der Waals surface area contributed by atoms with Gasteiger partial charge < -0.3 is 4.57 Å². The van der Waals surface area contributed by atoms with Gasteiger partial charge in [0.15, 0.2) is 0 Å². The maximum atomic E-state index is 5.11. The minimum atomic E-state index is -0.397. The molecule has 0 amide bonds. The maximum absolute atomic E-state index is 5.11. The van der Waals surface area contributed by atoms with Crippen molar-refractivity contribution in [3.8, 4) is 44.8 Å². The van der Waals surface area contributed by atoms with Crippen LogP contribution in [0.4, 0.5) is 0 Å². The summed E-state index contributed by atoms with van der Waals surface area (Å²) < 4.78 is 4.65. The monoisotopic (exact) mass is 724 g/mol. The summed E-state index contributed by atoms with van der Waals surface area (Å²) in [6, 6.07) is 66.5. The largest absolute Gasteiger partial charge is 0.308 e. The van der Waals surface area contributed by atoms with Crippen LogP contribution in [0.15, 0.2) is 194 Å². The summed E-state index contributed by atoms with van der Waals surface area (Å²) in [4.78, 5) is 9.89. The number of pyridine rings is 2. The van der Waals surface area contributed by atoms with Crippen LogP contribution in [-0.2, 0) is 5.41 Å². The third-order valence-electron chi connectivity index (χ3n) is 12.7. The van der Waals surface area contributed by atoms with Crippen molar-refractivity contribution in [2.24, 2.45) is 0 Å². The molecule has 0 unspecified atom stereocenters. The Hall–Kier alpha value is -7.56. The van der Waals surface area contributed by atoms with Gasteiger partial charge in [0.05, 0.1) is 27.5 Å². The smallest absolute Gasteiger partial charge is 0.145 e. The zero-order valence-electron chi connectivity index (χ0n) is 30.8. The first kappa shape index (κ1) is 30.7. The normalized spacial score (nSPS) is 13.4. The summed E-state index contributed by atoms with van der Waals surface area (Å²) in [5, 5.41) is 3.58. The highest BCUT2D eigenvalue weighted by molar-refractivity contribution is 6.17. The Labute approximate surface area is 328 Å². The standard InChI is InChI=1S/C53H32N4/c1-5-16-42-37(11-1)38-12-2-6-17-43(38)53(42)44-18-7-3-14-41(44)49-45(53)29-30-47-50(49)51-48(20-10-31-54-51)56(47)35-25-21-33(22-26-35)34-23-27-36(28-24-34)57-46-19-8-4-13-39(46)40-15-9-32-55-52(40)57/h1-32H. The topological polar surface area (TPSA) is 35.6 Å². The van der Waals surface area contributed by atoms with Crippen molar-refractivity contribution in [1.82, 2.24) is 19.1 Å². The minimum absolute atomic E-state index is 0.397. The molecule has 4 nitrogen and oxygen atoms in total. The fraction of sp³-hybridized carbons (Fsp3) is 0.0189. The highest BCUT2D eigenvalue weighted by atomic mass is 15.0. The van der Waals surface area contributed by atoms with Gasteiger partial charge in [-0.15, -0.1) is 0 Å². The van der Waals surface area contributed by atoms with E-state index in [9.17, 15) is 0 Å². The lowest BCUT2D eigenvalue weighted by Gasteiger charge is -2.30. The Bertz CT molecular complexity index is 3360. The van der Waals surface area contributed by atoms with E-state index in [1.165, 1.54) is 66.4 Å². The Morgan fingerprint density at radius 3 is 1.63 bits per heavy atom. The summed E-state index contributed by atoms with van der Waals surface area (Å²) in [6.07, 6.45) is 3.81. The van der Waals surface area contributed by atoms with Gasteiger partial charge in [-0.3, -0.25) is 9.55 Å². The van der Waals surface area contributed by atoms with E-state index in [1.54, 1.807) is 0 Å². The van der Waals surface area contributed by atoms with Gasteiger partial charge in [-0.25, -0.2) is 4.98 Å². The number of hydrogen-bond acceptors (Lipinski definition) is 2. The van der Waals surface area contributed by atoms with Crippen LogP contribution in [0.5, 0.6) is 0 Å². The summed E-state index contributed by atoms with van der Waals surface area (Å²) in [7, 11) is 0. The van der Waals surface area contributed by atoms with Crippen molar-refractivity contribution in [2.45, 2.75) is 5.41 Å². The molecule has 0 fully saturated rings. The van der Waals surface area contributed by atoms with Gasteiger partial charge in [0.25, 0.3) is 0 Å². The summed E-state index contributed by atoms with van der Waals surface area (Å²) in [5.41, 5.74) is 20.1. The molecular weight excluding hydrogens is 693 g/mol. The van der Waals surface area contributed by atoms with Crippen LogP contribution in [0.3, 0.4) is 0 Å². The predicted octanol–water partition coefficient (Wildman–Crippen LogP) is 12.7. The molecular formula is C53H32N4. The Kier molecular flexibility index (Phi) is 6.07. The lowest BCUT2D eigenvalue weighted by Crippen LogP contribution is -2.25. The van der Waals surface area contributed by atoms with Gasteiger partial charge in [-0.2, -0.15) is 0 Å². The second kappa shape index (κ2) is 11.2. The van der Waals surface area contributed by atoms with Crippen molar-refractivity contribution in [1.29, 1.82) is 0 Å². The number of hydrogen-bond donors (Lipinski definition) is 0. The van der Waals surface area contributed by atoms with E-state index in [2.05, 4.69) is 185 Å². The van der Waals surface area contributed by atoms with E-state index >= 15 is 0 Å². The number of nitrogens with zero attached hydrogens (tertiary/aromatic N) is 4. The van der Waals surface area contributed by atoms with E-state index in [1.807, 2.05) is 18.5 Å². The molecule has 0 atom stereocenters. The van der Waals surface area contributed by atoms with E-state index in [4.69, 9.17) is 9.97 Å². The zero-order valence-corrected chi connectivity index (χ0v) is 30.8. The van der Waals surface area contributed by atoms with E-state index in [0.29, 0.717) is 0 Å². The molecule has 57 heavy (non-hydrogen) atoms. The number of aromatic nitrogens is 4. The average molecular weight is 725 g/mol. The number of fused-ring (bicyclic) bond motifs is 17. The molecule has 0 aliphatic heterocycles. The molecule has 1 spiro atoms. The molecule has 4 aromatic heterocycles. The van der Waals surface area contributed by atoms with Crippen molar-refractivity contribution >= 4 is 43.9 Å². The van der Waals surface area contributed by atoms with Crippen molar-refractivity contribution in [3.63, 3.8) is 0 Å². The molecule has 11 aromatic rings. The molecule has 264 valence electrons. The fourth-order valence-corrected chi connectivity index (χ4v) is 10.4. The van der Waals surface area contributed by atoms with Gasteiger partial charge in [-0.1, -0.05) is 121 Å². The fourth-order valence-electron chi connectivity index (χ4n) is 10.4.